The van der Waals surface area contributed by atoms with Crippen LogP contribution in [-0.4, -0.2) is 72.8 Å². The number of nitrogens with one attached hydrogen (secondary N) is 1. The molecule has 0 atom stereocenters. The molecule has 1 N–H and O–H groups in total. The topological polar surface area (TPSA) is 78.0 Å². The van der Waals surface area contributed by atoms with E-state index in [-0.39, 0.29) is 0 Å². The monoisotopic (exact) mass is 519 g/mol. The van der Waals surface area contributed by atoms with Crippen molar-refractivity contribution in [3.8, 4) is 11.3 Å². The lowest BCUT2D eigenvalue weighted by Crippen LogP contribution is -2.39. The van der Waals surface area contributed by atoms with Gasteiger partial charge in [0.2, 0.25) is 5.71 Å². The average Bonchev–Trinajstić information content (AvgIpc) is 3.54. The van der Waals surface area contributed by atoms with Gasteiger partial charge in [-0.25, -0.2) is 9.26 Å². The molecule has 3 aliphatic heterocycles. The molecule has 6 rings (SSSR count). The number of rotatable bonds is 5. The van der Waals surface area contributed by atoms with Crippen LogP contribution in [-0.2, 0) is 6.54 Å². The number of hydrogen-bond acceptors (Lipinski definition) is 5. The lowest BCUT2D eigenvalue weighted by Gasteiger charge is -2.37. The summed E-state index contributed by atoms with van der Waals surface area (Å²) in [7, 11) is 0. The summed E-state index contributed by atoms with van der Waals surface area (Å²) >= 11 is 3.57. The number of hydrogen-bond donors (Lipinski definition) is 1. The normalized spacial score (nSPS) is 20.1. The van der Waals surface area contributed by atoms with Crippen molar-refractivity contribution < 1.29 is 4.58 Å². The zero-order valence-corrected chi connectivity index (χ0v) is 21.1. The number of aliphatic imine (C=N–C) groups is 1. The van der Waals surface area contributed by atoms with E-state index in [0.29, 0.717) is 12.0 Å². The van der Waals surface area contributed by atoms with Crippen LogP contribution in [0.5, 0.6) is 0 Å². The van der Waals surface area contributed by atoms with E-state index in [1.807, 2.05) is 29.2 Å². The fraction of sp³-hybridized carbons (Fsp3) is 0.400. The number of benzene rings is 1. The van der Waals surface area contributed by atoms with Crippen LogP contribution < -0.4 is 0 Å². The molecule has 9 heteroatoms. The van der Waals surface area contributed by atoms with Gasteiger partial charge in [-0.3, -0.25) is 10.00 Å². The third-order valence-corrected chi connectivity index (χ3v) is 7.46. The highest BCUT2D eigenvalue weighted by atomic mass is 79.9. The highest BCUT2D eigenvalue weighted by Gasteiger charge is 2.29. The van der Waals surface area contributed by atoms with E-state index in [2.05, 4.69) is 78.1 Å². The first-order chi connectivity index (χ1) is 16.4. The number of allylic oxidation sites excluding steroid dienone is 2. The molecular formula is C25H28BrN8+. The first-order valence-electron chi connectivity index (χ1n) is 11.8. The molecule has 174 valence electrons. The second-order valence-corrected chi connectivity index (χ2v) is 11.2. The standard InChI is InChI=1S/C25H28BrN8/c1-25(2)5-7-32(8-6-25)12-17-3-4-24-28-19(14-33(24)13-17)15-34-16-23(30-31-34)20-9-18(26)10-22-21(20)11-27-29-22/h3-4,9-11,14,16H,5-8,12-13,15H2,1-2H3,(H,27,29)/q+1. The van der Waals surface area contributed by atoms with E-state index in [1.54, 1.807) is 0 Å². The van der Waals surface area contributed by atoms with Crippen LogP contribution in [0.1, 0.15) is 26.7 Å². The lowest BCUT2D eigenvalue weighted by molar-refractivity contribution is -0.461. The van der Waals surface area contributed by atoms with Crippen LogP contribution in [0.4, 0.5) is 0 Å². The number of halogens is 1. The van der Waals surface area contributed by atoms with E-state index < -0.39 is 0 Å². The summed E-state index contributed by atoms with van der Waals surface area (Å²) in [6, 6.07) is 4.06. The Morgan fingerprint density at radius 1 is 1.15 bits per heavy atom. The third-order valence-electron chi connectivity index (χ3n) is 7.00. The predicted molar refractivity (Wildman–Crippen MR) is 137 cm³/mol. The van der Waals surface area contributed by atoms with Gasteiger partial charge in [0, 0.05) is 28.0 Å². The summed E-state index contributed by atoms with van der Waals surface area (Å²) in [4.78, 5) is 7.41. The van der Waals surface area contributed by atoms with Crippen LogP contribution in [0.2, 0.25) is 0 Å². The second kappa shape index (κ2) is 8.39. The Bertz CT molecular complexity index is 1380. The van der Waals surface area contributed by atoms with Crippen LogP contribution in [0.25, 0.3) is 22.2 Å². The van der Waals surface area contributed by atoms with Gasteiger partial charge in [-0.15, -0.1) is 5.10 Å². The van der Waals surface area contributed by atoms with Gasteiger partial charge in [0.25, 0.3) is 0 Å². The average molecular weight is 520 g/mol. The van der Waals surface area contributed by atoms with E-state index in [1.165, 1.54) is 31.5 Å². The van der Waals surface area contributed by atoms with Crippen LogP contribution in [0, 0.1) is 5.41 Å². The number of fused-ring (bicyclic) bond motifs is 2. The first kappa shape index (κ1) is 21.6. The highest BCUT2D eigenvalue weighted by molar-refractivity contribution is 9.10. The number of H-pyrrole nitrogens is 1. The molecule has 0 unspecified atom stereocenters. The van der Waals surface area contributed by atoms with Gasteiger partial charge in [-0.1, -0.05) is 35.0 Å². The van der Waals surface area contributed by atoms with Crippen molar-refractivity contribution >= 4 is 38.8 Å². The summed E-state index contributed by atoms with van der Waals surface area (Å²) in [5.41, 5.74) is 5.69. The molecule has 0 aliphatic carbocycles. The van der Waals surface area contributed by atoms with Gasteiger partial charge in [-0.2, -0.15) is 5.10 Å². The van der Waals surface area contributed by atoms with Gasteiger partial charge in [-0.05, 0) is 60.1 Å². The number of aromatic amines is 1. The predicted octanol–water partition coefficient (Wildman–Crippen LogP) is 4.03. The number of piperidine rings is 1. The largest absolute Gasteiger partial charge is 0.323 e. The van der Waals surface area contributed by atoms with Crippen molar-refractivity contribution in [2.24, 2.45) is 10.4 Å². The van der Waals surface area contributed by atoms with E-state index in [9.17, 15) is 0 Å². The van der Waals surface area contributed by atoms with Crippen molar-refractivity contribution in [1.82, 2.24) is 30.1 Å². The molecule has 0 bridgehead atoms. The summed E-state index contributed by atoms with van der Waals surface area (Å²) in [5, 5.41) is 17.0. The van der Waals surface area contributed by atoms with E-state index in [0.717, 1.165) is 51.3 Å². The summed E-state index contributed by atoms with van der Waals surface area (Å²) < 4.78 is 5.07. The van der Waals surface area contributed by atoms with Crippen molar-refractivity contribution in [3.05, 3.63) is 52.5 Å². The smallest absolute Gasteiger partial charge is 0.299 e. The molecule has 1 aromatic carbocycles. The minimum absolute atomic E-state index is 0.485. The minimum atomic E-state index is 0.485. The number of likely N-dealkylation sites (tertiary alicyclic amines) is 1. The van der Waals surface area contributed by atoms with Crippen molar-refractivity contribution in [3.63, 3.8) is 0 Å². The Hall–Kier alpha value is -2.91. The summed E-state index contributed by atoms with van der Waals surface area (Å²) in [5.74, 6) is 1.01. The van der Waals surface area contributed by atoms with Crippen molar-refractivity contribution in [1.29, 1.82) is 0 Å². The Morgan fingerprint density at radius 2 is 2.00 bits per heavy atom. The lowest BCUT2D eigenvalue weighted by atomic mass is 9.82. The maximum absolute atomic E-state index is 4.82. The Kier molecular flexibility index (Phi) is 5.33. The molecule has 1 saturated heterocycles. The first-order valence-corrected chi connectivity index (χ1v) is 12.6. The molecule has 2 aromatic heterocycles. The molecule has 5 heterocycles. The minimum Gasteiger partial charge on any atom is -0.299 e. The second-order valence-electron chi connectivity index (χ2n) is 10.2. The fourth-order valence-electron chi connectivity index (χ4n) is 4.89. The number of aromatic nitrogens is 5. The molecule has 0 radical (unpaired) electrons. The molecule has 0 spiro atoms. The molecule has 3 aromatic rings. The summed E-state index contributed by atoms with van der Waals surface area (Å²) in [6.07, 6.45) is 12.9. The quantitative estimate of drug-likeness (QED) is 0.516. The Labute approximate surface area is 206 Å². The molecular weight excluding hydrogens is 492 g/mol. The van der Waals surface area contributed by atoms with E-state index in [4.69, 9.17) is 4.99 Å². The SMILES string of the molecule is CC1(C)CCN(CC2=CC=C3N=C(Cn4cc(-c5cc(Br)cc6[nH]ncc56)nn4)C=[N+]3C2)CC1. The molecule has 0 saturated carbocycles. The van der Waals surface area contributed by atoms with Gasteiger partial charge < -0.3 is 0 Å². The van der Waals surface area contributed by atoms with E-state index >= 15 is 0 Å². The molecule has 0 amide bonds. The van der Waals surface area contributed by atoms with Crippen LogP contribution in [0.3, 0.4) is 0 Å². The van der Waals surface area contributed by atoms with Crippen molar-refractivity contribution in [2.45, 2.75) is 33.2 Å². The summed E-state index contributed by atoms with van der Waals surface area (Å²) in [6.45, 7) is 9.66. The highest BCUT2D eigenvalue weighted by Crippen LogP contribution is 2.31. The zero-order chi connectivity index (χ0) is 23.3. The zero-order valence-electron chi connectivity index (χ0n) is 19.5. The molecule has 34 heavy (non-hydrogen) atoms. The van der Waals surface area contributed by atoms with Gasteiger partial charge >= 0.3 is 5.82 Å². The van der Waals surface area contributed by atoms with Gasteiger partial charge in [0.15, 0.2) is 0 Å². The maximum Gasteiger partial charge on any atom is 0.323 e. The van der Waals surface area contributed by atoms with Crippen LogP contribution >= 0.6 is 15.9 Å². The third kappa shape index (κ3) is 4.30. The van der Waals surface area contributed by atoms with Crippen molar-refractivity contribution in [2.75, 3.05) is 26.2 Å². The van der Waals surface area contributed by atoms with Gasteiger partial charge in [0.1, 0.15) is 25.0 Å². The van der Waals surface area contributed by atoms with Gasteiger partial charge in [0.05, 0.1) is 17.9 Å². The van der Waals surface area contributed by atoms with Crippen LogP contribution in [0.15, 0.2) is 57.5 Å². The molecule has 8 nitrogen and oxygen atoms in total. The molecule has 3 aliphatic rings. The fourth-order valence-corrected chi connectivity index (χ4v) is 5.34. The Balaban J connectivity index is 1.13. The molecule has 1 fully saturated rings. The number of nitrogens with zero attached hydrogens (tertiary/aromatic N) is 7. The Morgan fingerprint density at radius 3 is 2.85 bits per heavy atom. The maximum atomic E-state index is 4.82.